The molecule has 0 aromatic carbocycles. The monoisotopic (exact) mass is 256 g/mol. The molecule has 94 valence electrons. The maximum Gasteiger partial charge on any atom is 0.322 e. The Labute approximate surface area is 106 Å². The van der Waals surface area contributed by atoms with Gasteiger partial charge in [-0.2, -0.15) is 15.0 Å². The van der Waals surface area contributed by atoms with E-state index in [4.69, 9.17) is 16.3 Å². The van der Waals surface area contributed by atoms with Crippen LogP contribution >= 0.6 is 11.6 Å². The average Bonchev–Trinajstić information content (AvgIpc) is 2.37. The quantitative estimate of drug-likeness (QED) is 0.897. The first kappa shape index (κ1) is 12.4. The summed E-state index contributed by atoms with van der Waals surface area (Å²) in [6, 6.07) is 0.305. The molecular formula is C11H17ClN4O. The second-order valence-corrected chi connectivity index (χ2v) is 4.61. The van der Waals surface area contributed by atoms with Crippen LogP contribution in [-0.2, 0) is 0 Å². The molecule has 0 radical (unpaired) electrons. The van der Waals surface area contributed by atoms with Gasteiger partial charge in [0, 0.05) is 7.05 Å². The fourth-order valence-corrected chi connectivity index (χ4v) is 2.21. The van der Waals surface area contributed by atoms with Crippen LogP contribution in [0.5, 0.6) is 6.01 Å². The molecule has 1 fully saturated rings. The predicted octanol–water partition coefficient (Wildman–Crippen LogP) is 2.53. The zero-order chi connectivity index (χ0) is 12.1. The van der Waals surface area contributed by atoms with Crippen molar-refractivity contribution in [2.24, 2.45) is 5.92 Å². The third-order valence-electron chi connectivity index (χ3n) is 2.98. The number of anilines is 1. The van der Waals surface area contributed by atoms with Crippen LogP contribution in [0.15, 0.2) is 0 Å². The van der Waals surface area contributed by atoms with Gasteiger partial charge in [-0.05, 0) is 30.4 Å². The summed E-state index contributed by atoms with van der Waals surface area (Å²) in [5.74, 6) is 1.06. The summed E-state index contributed by atoms with van der Waals surface area (Å²) in [4.78, 5) is 11.9. The van der Waals surface area contributed by atoms with Crippen LogP contribution in [0.1, 0.15) is 32.1 Å². The zero-order valence-corrected chi connectivity index (χ0v) is 10.7. The van der Waals surface area contributed by atoms with E-state index in [1.807, 2.05) is 0 Å². The normalized spacial score (nSPS) is 16.8. The van der Waals surface area contributed by atoms with E-state index in [1.165, 1.54) is 32.1 Å². The van der Waals surface area contributed by atoms with Gasteiger partial charge < -0.3 is 10.1 Å². The van der Waals surface area contributed by atoms with Gasteiger partial charge in [-0.1, -0.05) is 19.3 Å². The van der Waals surface area contributed by atoms with Crippen molar-refractivity contribution in [3.63, 3.8) is 0 Å². The number of nitrogens with one attached hydrogen (secondary N) is 1. The molecule has 0 spiro atoms. The smallest absolute Gasteiger partial charge is 0.322 e. The average molecular weight is 257 g/mol. The van der Waals surface area contributed by atoms with E-state index in [9.17, 15) is 0 Å². The number of halogens is 1. The van der Waals surface area contributed by atoms with Gasteiger partial charge in [0.1, 0.15) is 0 Å². The van der Waals surface area contributed by atoms with E-state index in [-0.39, 0.29) is 5.28 Å². The summed E-state index contributed by atoms with van der Waals surface area (Å²) < 4.78 is 5.58. The molecular weight excluding hydrogens is 240 g/mol. The van der Waals surface area contributed by atoms with Crippen LogP contribution in [0.25, 0.3) is 0 Å². The molecule has 1 N–H and O–H groups in total. The lowest BCUT2D eigenvalue weighted by Gasteiger charge is -2.20. The minimum absolute atomic E-state index is 0.156. The minimum atomic E-state index is 0.156. The molecule has 0 atom stereocenters. The van der Waals surface area contributed by atoms with E-state index in [1.54, 1.807) is 7.05 Å². The summed E-state index contributed by atoms with van der Waals surface area (Å²) in [5.41, 5.74) is 0. The van der Waals surface area contributed by atoms with Gasteiger partial charge in [0.05, 0.1) is 6.61 Å². The van der Waals surface area contributed by atoms with E-state index < -0.39 is 0 Å². The van der Waals surface area contributed by atoms with Crippen molar-refractivity contribution >= 4 is 17.5 Å². The van der Waals surface area contributed by atoms with Crippen molar-refractivity contribution < 1.29 is 4.74 Å². The van der Waals surface area contributed by atoms with Gasteiger partial charge in [0.15, 0.2) is 0 Å². The highest BCUT2D eigenvalue weighted by molar-refractivity contribution is 6.28. The fraction of sp³-hybridized carbons (Fsp3) is 0.727. The highest BCUT2D eigenvalue weighted by Crippen LogP contribution is 2.24. The predicted molar refractivity (Wildman–Crippen MR) is 66.5 cm³/mol. The van der Waals surface area contributed by atoms with Crippen LogP contribution in [-0.4, -0.2) is 28.6 Å². The number of aromatic nitrogens is 3. The molecule has 0 amide bonds. The topological polar surface area (TPSA) is 59.9 Å². The summed E-state index contributed by atoms with van der Waals surface area (Å²) in [6.45, 7) is 0.670. The lowest BCUT2D eigenvalue weighted by Crippen LogP contribution is -2.16. The first-order valence-corrected chi connectivity index (χ1v) is 6.38. The van der Waals surface area contributed by atoms with Gasteiger partial charge in [-0.25, -0.2) is 0 Å². The maximum absolute atomic E-state index is 5.77. The molecule has 1 aliphatic carbocycles. The summed E-state index contributed by atoms with van der Waals surface area (Å²) in [7, 11) is 1.73. The van der Waals surface area contributed by atoms with E-state index in [0.717, 1.165) is 0 Å². The molecule has 1 aromatic heterocycles. The second-order valence-electron chi connectivity index (χ2n) is 4.28. The van der Waals surface area contributed by atoms with Crippen molar-refractivity contribution in [3.8, 4) is 6.01 Å². The fourth-order valence-electron chi connectivity index (χ4n) is 2.05. The third kappa shape index (κ3) is 3.70. The molecule has 5 nitrogen and oxygen atoms in total. The van der Waals surface area contributed by atoms with Gasteiger partial charge in [0.2, 0.25) is 11.2 Å². The Hall–Kier alpha value is -1.10. The number of rotatable bonds is 4. The highest BCUT2D eigenvalue weighted by atomic mass is 35.5. The Morgan fingerprint density at radius 2 is 2.00 bits per heavy atom. The molecule has 2 rings (SSSR count). The molecule has 0 unspecified atom stereocenters. The molecule has 1 aliphatic rings. The lowest BCUT2D eigenvalue weighted by atomic mass is 9.90. The van der Waals surface area contributed by atoms with Crippen molar-refractivity contribution in [1.82, 2.24) is 15.0 Å². The van der Waals surface area contributed by atoms with E-state index >= 15 is 0 Å². The first-order chi connectivity index (χ1) is 8.28. The Balaban J connectivity index is 1.91. The van der Waals surface area contributed by atoms with Crippen LogP contribution in [0.4, 0.5) is 5.95 Å². The van der Waals surface area contributed by atoms with E-state index in [0.29, 0.717) is 24.5 Å². The first-order valence-electron chi connectivity index (χ1n) is 6.00. The van der Waals surface area contributed by atoms with Crippen molar-refractivity contribution in [3.05, 3.63) is 5.28 Å². The van der Waals surface area contributed by atoms with Gasteiger partial charge >= 0.3 is 6.01 Å². The maximum atomic E-state index is 5.77. The second kappa shape index (κ2) is 6.00. The minimum Gasteiger partial charge on any atom is -0.463 e. The highest BCUT2D eigenvalue weighted by Gasteiger charge is 2.15. The molecule has 0 aliphatic heterocycles. The standard InChI is InChI=1S/C11H17ClN4O/c1-13-10-14-9(12)15-11(16-10)17-7-8-5-3-2-4-6-8/h8H,2-7H2,1H3,(H,13,14,15,16). The lowest BCUT2D eigenvalue weighted by molar-refractivity contribution is 0.196. The van der Waals surface area contributed by atoms with Crippen LogP contribution in [0.2, 0.25) is 5.28 Å². The Morgan fingerprint density at radius 1 is 1.24 bits per heavy atom. The number of ether oxygens (including phenoxy) is 1. The van der Waals surface area contributed by atoms with Crippen LogP contribution in [0, 0.1) is 5.92 Å². The zero-order valence-electron chi connectivity index (χ0n) is 9.95. The Morgan fingerprint density at radius 3 is 2.71 bits per heavy atom. The molecule has 1 heterocycles. The van der Waals surface area contributed by atoms with Crippen LogP contribution in [0.3, 0.4) is 0 Å². The third-order valence-corrected chi connectivity index (χ3v) is 3.15. The Kier molecular flexibility index (Phi) is 4.36. The van der Waals surface area contributed by atoms with Crippen molar-refractivity contribution in [2.75, 3.05) is 19.0 Å². The summed E-state index contributed by atoms with van der Waals surface area (Å²) >= 11 is 5.77. The summed E-state index contributed by atoms with van der Waals surface area (Å²) in [5, 5.41) is 2.98. The Bertz CT molecular complexity index is 368. The molecule has 0 saturated heterocycles. The molecule has 1 aromatic rings. The SMILES string of the molecule is CNc1nc(Cl)nc(OCC2CCCCC2)n1. The number of nitrogens with zero attached hydrogens (tertiary/aromatic N) is 3. The number of hydrogen-bond acceptors (Lipinski definition) is 5. The van der Waals surface area contributed by atoms with E-state index in [2.05, 4.69) is 20.3 Å². The molecule has 6 heteroatoms. The van der Waals surface area contributed by atoms with Gasteiger partial charge in [-0.15, -0.1) is 0 Å². The number of hydrogen-bond donors (Lipinski definition) is 1. The van der Waals surface area contributed by atoms with Gasteiger partial charge in [0.25, 0.3) is 0 Å². The summed E-state index contributed by atoms with van der Waals surface area (Å²) in [6.07, 6.45) is 6.41. The van der Waals surface area contributed by atoms with Gasteiger partial charge in [-0.3, -0.25) is 0 Å². The largest absolute Gasteiger partial charge is 0.463 e. The molecule has 0 bridgehead atoms. The molecule has 1 saturated carbocycles. The molecule has 17 heavy (non-hydrogen) atoms. The van der Waals surface area contributed by atoms with Crippen LogP contribution < -0.4 is 10.1 Å². The van der Waals surface area contributed by atoms with Crippen molar-refractivity contribution in [1.29, 1.82) is 0 Å². The van der Waals surface area contributed by atoms with Crippen molar-refractivity contribution in [2.45, 2.75) is 32.1 Å².